The van der Waals surface area contributed by atoms with E-state index < -0.39 is 35.2 Å². The Balaban J connectivity index is 1.20. The first-order chi connectivity index (χ1) is 21.2. The van der Waals surface area contributed by atoms with Crippen molar-refractivity contribution < 1.29 is 26.7 Å². The number of nitrogens with zero attached hydrogens (tertiary/aromatic N) is 1. The lowest BCUT2D eigenvalue weighted by Crippen LogP contribution is -2.30. The van der Waals surface area contributed by atoms with Gasteiger partial charge in [-0.2, -0.15) is 14.0 Å². The molecule has 0 saturated heterocycles. The minimum atomic E-state index is -3.75. The van der Waals surface area contributed by atoms with Crippen molar-refractivity contribution in [3.05, 3.63) is 119 Å². The summed E-state index contributed by atoms with van der Waals surface area (Å²) in [5, 5.41) is 8.97. The van der Waals surface area contributed by atoms with E-state index in [0.717, 1.165) is 30.9 Å². The Hall–Kier alpha value is -4.02. The fourth-order valence-electron chi connectivity index (χ4n) is 5.98. The van der Waals surface area contributed by atoms with E-state index in [2.05, 4.69) is 6.92 Å². The van der Waals surface area contributed by atoms with Crippen molar-refractivity contribution in [2.45, 2.75) is 76.4 Å². The van der Waals surface area contributed by atoms with Crippen LogP contribution in [-0.4, -0.2) is 6.10 Å². The van der Waals surface area contributed by atoms with Crippen LogP contribution in [0.25, 0.3) is 22.3 Å². The molecule has 44 heavy (non-hydrogen) atoms. The number of unbranched alkanes of at least 4 members (excludes halogenated alkanes) is 2. The molecule has 5 rings (SSSR count). The Labute approximate surface area is 255 Å². The van der Waals surface area contributed by atoms with Crippen LogP contribution in [0.5, 0.6) is 0 Å². The van der Waals surface area contributed by atoms with Gasteiger partial charge in [-0.05, 0) is 103 Å². The molecule has 0 heterocycles. The van der Waals surface area contributed by atoms with Gasteiger partial charge in [0.25, 0.3) is 0 Å². The van der Waals surface area contributed by atoms with Crippen molar-refractivity contribution >= 4 is 0 Å². The molecule has 0 atom stereocenters. The number of aryl methyl sites for hydroxylation is 1. The normalized spacial score (nSPS) is 16.9. The minimum Gasteiger partial charge on any atom is -0.313 e. The molecule has 0 aliphatic heterocycles. The number of benzene rings is 4. The molecule has 7 heteroatoms. The quantitative estimate of drug-likeness (QED) is 0.133. The maximum absolute atomic E-state index is 15.3. The Bertz CT molecular complexity index is 1640. The van der Waals surface area contributed by atoms with Crippen LogP contribution in [0.3, 0.4) is 0 Å². The van der Waals surface area contributed by atoms with Gasteiger partial charge in [-0.25, -0.2) is 13.2 Å². The van der Waals surface area contributed by atoms with E-state index in [1.54, 1.807) is 54.6 Å². The molecule has 0 unspecified atom stereocenters. The second-order valence-electron chi connectivity index (χ2n) is 11.5. The fourth-order valence-corrected chi connectivity index (χ4v) is 5.98. The van der Waals surface area contributed by atoms with Gasteiger partial charge in [-0.3, -0.25) is 0 Å². The van der Waals surface area contributed by atoms with Gasteiger partial charge in [0.15, 0.2) is 0 Å². The van der Waals surface area contributed by atoms with E-state index in [1.807, 2.05) is 6.07 Å². The number of hydrogen-bond acceptors (Lipinski definition) is 2. The first-order valence-corrected chi connectivity index (χ1v) is 15.1. The molecule has 1 aliphatic carbocycles. The van der Waals surface area contributed by atoms with Gasteiger partial charge in [0, 0.05) is 11.1 Å². The van der Waals surface area contributed by atoms with Crippen LogP contribution in [0.2, 0.25) is 0 Å². The third-order valence-corrected chi connectivity index (χ3v) is 8.47. The molecule has 4 aromatic carbocycles. The number of halogens is 5. The van der Waals surface area contributed by atoms with E-state index >= 15 is 4.39 Å². The monoisotopic (exact) mass is 603 g/mol. The van der Waals surface area contributed by atoms with E-state index in [-0.39, 0.29) is 11.5 Å². The molecule has 0 amide bonds. The van der Waals surface area contributed by atoms with Crippen LogP contribution in [0.4, 0.5) is 22.0 Å². The molecular formula is C37H34F5NO. The van der Waals surface area contributed by atoms with Crippen LogP contribution in [-0.2, 0) is 17.3 Å². The van der Waals surface area contributed by atoms with Gasteiger partial charge in [0.1, 0.15) is 17.5 Å². The average molecular weight is 604 g/mol. The summed E-state index contributed by atoms with van der Waals surface area (Å²) >= 11 is 0. The lowest BCUT2D eigenvalue weighted by molar-refractivity contribution is -0.278. The van der Waals surface area contributed by atoms with Crippen LogP contribution in [0.1, 0.15) is 80.0 Å². The van der Waals surface area contributed by atoms with Gasteiger partial charge < -0.3 is 4.74 Å². The van der Waals surface area contributed by atoms with E-state index in [1.165, 1.54) is 18.2 Å². The Kier molecular flexibility index (Phi) is 9.80. The maximum atomic E-state index is 15.3. The van der Waals surface area contributed by atoms with Gasteiger partial charge in [-0.1, -0.05) is 62.2 Å². The van der Waals surface area contributed by atoms with Gasteiger partial charge in [0.2, 0.25) is 0 Å². The number of nitriles is 1. The number of hydrogen-bond donors (Lipinski definition) is 0. The summed E-state index contributed by atoms with van der Waals surface area (Å²) in [4.78, 5) is 0. The smallest absolute Gasteiger partial charge is 0.313 e. The molecule has 2 nitrogen and oxygen atoms in total. The third kappa shape index (κ3) is 7.19. The summed E-state index contributed by atoms with van der Waals surface area (Å²) in [6.45, 7) is 2.06. The summed E-state index contributed by atoms with van der Waals surface area (Å²) in [6, 6.07) is 21.8. The summed E-state index contributed by atoms with van der Waals surface area (Å²) in [7, 11) is 0. The molecule has 0 bridgehead atoms. The molecule has 0 N–H and O–H groups in total. The number of rotatable bonds is 10. The zero-order valence-corrected chi connectivity index (χ0v) is 24.6. The van der Waals surface area contributed by atoms with E-state index in [4.69, 9.17) is 10.00 Å². The van der Waals surface area contributed by atoms with Crippen LogP contribution < -0.4 is 0 Å². The highest BCUT2D eigenvalue weighted by molar-refractivity contribution is 5.72. The van der Waals surface area contributed by atoms with Crippen molar-refractivity contribution in [1.82, 2.24) is 0 Å². The van der Waals surface area contributed by atoms with E-state index in [0.29, 0.717) is 59.9 Å². The average Bonchev–Trinajstić information content (AvgIpc) is 3.01. The molecular weight excluding hydrogens is 569 g/mol. The Morgan fingerprint density at radius 2 is 1.41 bits per heavy atom. The topological polar surface area (TPSA) is 33.0 Å². The van der Waals surface area contributed by atoms with Gasteiger partial charge in [0.05, 0.1) is 23.3 Å². The van der Waals surface area contributed by atoms with Crippen LogP contribution in [0, 0.1) is 28.8 Å². The zero-order valence-electron chi connectivity index (χ0n) is 24.6. The first kappa shape index (κ1) is 31.4. The van der Waals surface area contributed by atoms with Crippen molar-refractivity contribution in [3.8, 4) is 28.3 Å². The standard InChI is InChI=1S/C37H34F5NO/c1-2-3-4-5-24-8-19-33(36(40)20-24)37(41,42)44-30-15-11-26(12-16-30)28-13-17-32(34(38)21-28)29-14-18-31(35(39)22-29)27-9-6-25(23-43)7-10-27/h6-10,13-14,17-22,26,30H,2-5,11-12,15-16H2,1H3. The number of alkyl halides is 2. The largest absolute Gasteiger partial charge is 0.386 e. The zero-order chi connectivity index (χ0) is 31.3. The molecule has 0 radical (unpaired) electrons. The predicted molar refractivity (Wildman–Crippen MR) is 162 cm³/mol. The first-order valence-electron chi connectivity index (χ1n) is 15.1. The maximum Gasteiger partial charge on any atom is 0.386 e. The van der Waals surface area contributed by atoms with Crippen molar-refractivity contribution in [3.63, 3.8) is 0 Å². The third-order valence-electron chi connectivity index (χ3n) is 8.47. The molecule has 1 aliphatic rings. The molecule has 4 aromatic rings. The Morgan fingerprint density at radius 3 is 2.05 bits per heavy atom. The minimum absolute atomic E-state index is 0.0401. The molecule has 0 spiro atoms. The fraction of sp³-hybridized carbons (Fsp3) is 0.324. The highest BCUT2D eigenvalue weighted by Gasteiger charge is 2.40. The highest BCUT2D eigenvalue weighted by Crippen LogP contribution is 2.41. The lowest BCUT2D eigenvalue weighted by Gasteiger charge is -2.31. The lowest BCUT2D eigenvalue weighted by atomic mass is 9.82. The molecule has 1 fully saturated rings. The van der Waals surface area contributed by atoms with E-state index in [9.17, 15) is 17.6 Å². The second kappa shape index (κ2) is 13.7. The van der Waals surface area contributed by atoms with Crippen molar-refractivity contribution in [1.29, 1.82) is 5.26 Å². The summed E-state index contributed by atoms with van der Waals surface area (Å²) in [6.07, 6.45) is 0.764. The van der Waals surface area contributed by atoms with Crippen molar-refractivity contribution in [2.24, 2.45) is 0 Å². The highest BCUT2D eigenvalue weighted by atomic mass is 19.3. The SMILES string of the molecule is CCCCCc1ccc(C(F)(F)OC2CCC(c3ccc(-c4ccc(-c5ccc(C#N)cc5)c(F)c4)c(F)c3)CC2)c(F)c1. The second-order valence-corrected chi connectivity index (χ2v) is 11.5. The molecule has 1 saturated carbocycles. The summed E-state index contributed by atoms with van der Waals surface area (Å²) in [5.41, 5.74) is 2.77. The number of ether oxygens (including phenoxy) is 1. The summed E-state index contributed by atoms with van der Waals surface area (Å²) in [5.74, 6) is -2.00. The summed E-state index contributed by atoms with van der Waals surface area (Å²) < 4.78 is 79.9. The molecule has 0 aromatic heterocycles. The van der Waals surface area contributed by atoms with Crippen molar-refractivity contribution in [2.75, 3.05) is 0 Å². The van der Waals surface area contributed by atoms with Gasteiger partial charge >= 0.3 is 6.11 Å². The Morgan fingerprint density at radius 1 is 0.750 bits per heavy atom. The van der Waals surface area contributed by atoms with Gasteiger partial charge in [-0.15, -0.1) is 0 Å². The van der Waals surface area contributed by atoms with Crippen LogP contribution >= 0.6 is 0 Å². The molecule has 228 valence electrons. The van der Waals surface area contributed by atoms with Crippen LogP contribution in [0.15, 0.2) is 78.9 Å². The predicted octanol–water partition coefficient (Wildman–Crippen LogP) is 10.8.